The number of hydrogen-bond donors (Lipinski definition) is 2. The summed E-state index contributed by atoms with van der Waals surface area (Å²) in [6.45, 7) is 6.89. The van der Waals surface area contributed by atoms with Crippen LogP contribution in [0.2, 0.25) is 0 Å². The highest BCUT2D eigenvalue weighted by atomic mass is 16.4. The number of nitrogens with zero attached hydrogens (tertiary/aromatic N) is 2. The topological polar surface area (TPSA) is 67.1 Å². The summed E-state index contributed by atoms with van der Waals surface area (Å²) >= 11 is 0. The van der Waals surface area contributed by atoms with Crippen molar-refractivity contribution in [2.75, 3.05) is 13.1 Å². The van der Waals surface area contributed by atoms with Gasteiger partial charge in [-0.05, 0) is 45.2 Å². The molecule has 0 saturated carbocycles. The van der Waals surface area contributed by atoms with Crippen molar-refractivity contribution in [1.82, 2.24) is 14.9 Å². The molecule has 3 rings (SSSR count). The molecule has 0 bridgehead atoms. The normalized spacial score (nSPS) is 18.6. The number of imidazole rings is 1. The van der Waals surface area contributed by atoms with E-state index < -0.39 is 5.97 Å². The van der Waals surface area contributed by atoms with Crippen molar-refractivity contribution in [3.05, 3.63) is 17.2 Å². The van der Waals surface area contributed by atoms with E-state index in [4.69, 9.17) is 14.9 Å². The molecule has 0 atom stereocenters. The van der Waals surface area contributed by atoms with E-state index >= 15 is 0 Å². The maximum Gasteiger partial charge on any atom is 0.300 e. The van der Waals surface area contributed by atoms with Gasteiger partial charge in [-0.3, -0.25) is 4.79 Å². The molecule has 5 heteroatoms. The predicted octanol–water partition coefficient (Wildman–Crippen LogP) is 2.34. The number of carboxylic acids is 1. The number of carboxylic acid groups (broad SMARTS) is 1. The van der Waals surface area contributed by atoms with E-state index in [2.05, 4.69) is 16.8 Å². The van der Waals surface area contributed by atoms with E-state index in [1.54, 1.807) is 5.69 Å². The summed E-state index contributed by atoms with van der Waals surface area (Å²) in [5.74, 6) is 1.28. The van der Waals surface area contributed by atoms with E-state index in [9.17, 15) is 0 Å². The van der Waals surface area contributed by atoms with Crippen LogP contribution in [0.4, 0.5) is 0 Å². The Morgan fingerprint density at radius 2 is 2.05 bits per heavy atom. The molecular formula is C16H27N3O2. The lowest BCUT2D eigenvalue weighted by atomic mass is 9.92. The summed E-state index contributed by atoms with van der Waals surface area (Å²) in [4.78, 5) is 13.9. The number of carbonyl (C=O) groups is 1. The summed E-state index contributed by atoms with van der Waals surface area (Å²) in [5.41, 5.74) is 2.97. The SMILES string of the molecule is CC(=O)O.CCc1nc2n(c1C1CCNCC1)CCCC2. The Morgan fingerprint density at radius 3 is 2.67 bits per heavy atom. The van der Waals surface area contributed by atoms with Crippen LogP contribution < -0.4 is 5.32 Å². The second-order valence-corrected chi connectivity index (χ2v) is 5.87. The zero-order valence-electron chi connectivity index (χ0n) is 13.2. The first kappa shape index (κ1) is 16.0. The average Bonchev–Trinajstić information content (AvgIpc) is 2.86. The van der Waals surface area contributed by atoms with E-state index in [1.165, 1.54) is 63.3 Å². The van der Waals surface area contributed by atoms with Gasteiger partial charge in [0.2, 0.25) is 0 Å². The van der Waals surface area contributed by atoms with E-state index in [0.29, 0.717) is 0 Å². The van der Waals surface area contributed by atoms with Gasteiger partial charge in [-0.25, -0.2) is 4.98 Å². The zero-order chi connectivity index (χ0) is 15.2. The molecular weight excluding hydrogens is 266 g/mol. The van der Waals surface area contributed by atoms with Crippen molar-refractivity contribution in [2.45, 2.75) is 64.8 Å². The molecule has 1 aromatic heterocycles. The smallest absolute Gasteiger partial charge is 0.300 e. The van der Waals surface area contributed by atoms with Crippen LogP contribution in [0.5, 0.6) is 0 Å². The van der Waals surface area contributed by atoms with Crippen LogP contribution in [-0.2, 0) is 24.2 Å². The maximum absolute atomic E-state index is 9.00. The Labute approximate surface area is 126 Å². The molecule has 1 fully saturated rings. The fourth-order valence-corrected chi connectivity index (χ4v) is 3.37. The molecule has 118 valence electrons. The third-order valence-electron chi connectivity index (χ3n) is 4.25. The lowest BCUT2D eigenvalue weighted by Crippen LogP contribution is -2.28. The molecule has 0 amide bonds. The van der Waals surface area contributed by atoms with Crippen LogP contribution in [0, 0.1) is 0 Å². The minimum Gasteiger partial charge on any atom is -0.481 e. The van der Waals surface area contributed by atoms with Gasteiger partial charge in [-0.1, -0.05) is 6.92 Å². The summed E-state index contributed by atoms with van der Waals surface area (Å²) in [7, 11) is 0. The molecule has 0 radical (unpaired) electrons. The number of hydrogen-bond acceptors (Lipinski definition) is 3. The average molecular weight is 293 g/mol. The van der Waals surface area contributed by atoms with Crippen molar-refractivity contribution >= 4 is 5.97 Å². The molecule has 21 heavy (non-hydrogen) atoms. The summed E-state index contributed by atoms with van der Waals surface area (Å²) in [6.07, 6.45) is 7.53. The molecule has 1 aromatic rings. The number of nitrogens with one attached hydrogen (secondary N) is 1. The molecule has 2 aliphatic rings. The number of aryl methyl sites for hydroxylation is 2. The van der Waals surface area contributed by atoms with E-state index in [1.807, 2.05) is 0 Å². The Hall–Kier alpha value is -1.36. The monoisotopic (exact) mass is 293 g/mol. The van der Waals surface area contributed by atoms with Crippen molar-refractivity contribution in [3.8, 4) is 0 Å². The van der Waals surface area contributed by atoms with Crippen LogP contribution in [0.3, 0.4) is 0 Å². The molecule has 0 unspecified atom stereocenters. The minimum atomic E-state index is -0.833. The van der Waals surface area contributed by atoms with Crippen molar-refractivity contribution in [3.63, 3.8) is 0 Å². The molecule has 0 aromatic carbocycles. The van der Waals surface area contributed by atoms with Crippen molar-refractivity contribution < 1.29 is 9.90 Å². The van der Waals surface area contributed by atoms with Crippen LogP contribution >= 0.6 is 0 Å². The van der Waals surface area contributed by atoms with Crippen LogP contribution in [0.25, 0.3) is 0 Å². The van der Waals surface area contributed by atoms with Gasteiger partial charge >= 0.3 is 0 Å². The van der Waals surface area contributed by atoms with Crippen LogP contribution in [0.15, 0.2) is 0 Å². The summed E-state index contributed by atoms with van der Waals surface area (Å²) < 4.78 is 2.55. The minimum absolute atomic E-state index is 0.755. The Morgan fingerprint density at radius 1 is 1.38 bits per heavy atom. The molecule has 2 aliphatic heterocycles. The van der Waals surface area contributed by atoms with Crippen LogP contribution in [-0.4, -0.2) is 33.7 Å². The molecule has 5 nitrogen and oxygen atoms in total. The second-order valence-electron chi connectivity index (χ2n) is 5.87. The fraction of sp³-hybridized carbons (Fsp3) is 0.750. The predicted molar refractivity (Wildman–Crippen MR) is 82.7 cm³/mol. The highest BCUT2D eigenvalue weighted by Crippen LogP contribution is 2.31. The quantitative estimate of drug-likeness (QED) is 0.878. The molecule has 0 aliphatic carbocycles. The van der Waals surface area contributed by atoms with E-state index in [-0.39, 0.29) is 0 Å². The van der Waals surface area contributed by atoms with Crippen molar-refractivity contribution in [2.24, 2.45) is 0 Å². The van der Waals surface area contributed by atoms with Gasteiger partial charge in [0.25, 0.3) is 5.97 Å². The highest BCUT2D eigenvalue weighted by Gasteiger charge is 2.26. The first-order valence-corrected chi connectivity index (χ1v) is 8.11. The first-order valence-electron chi connectivity index (χ1n) is 8.11. The Bertz CT molecular complexity index is 472. The molecule has 3 heterocycles. The number of aromatic nitrogens is 2. The third-order valence-corrected chi connectivity index (χ3v) is 4.25. The third kappa shape index (κ3) is 4.06. The summed E-state index contributed by atoms with van der Waals surface area (Å²) in [6, 6.07) is 0. The zero-order valence-corrected chi connectivity index (χ0v) is 13.2. The Balaban J connectivity index is 0.000000361. The summed E-state index contributed by atoms with van der Waals surface area (Å²) in [5, 5.41) is 10.9. The first-order chi connectivity index (χ1) is 10.1. The largest absolute Gasteiger partial charge is 0.481 e. The molecule has 0 spiro atoms. The van der Waals surface area contributed by atoms with Gasteiger partial charge < -0.3 is 15.0 Å². The van der Waals surface area contributed by atoms with Gasteiger partial charge in [-0.15, -0.1) is 0 Å². The number of piperidine rings is 1. The Kier molecular flexibility index (Phi) is 5.79. The van der Waals surface area contributed by atoms with Gasteiger partial charge in [0.15, 0.2) is 0 Å². The number of aliphatic carboxylic acids is 1. The van der Waals surface area contributed by atoms with Crippen LogP contribution in [0.1, 0.15) is 62.7 Å². The van der Waals surface area contributed by atoms with Gasteiger partial charge in [-0.2, -0.15) is 0 Å². The van der Waals surface area contributed by atoms with Gasteiger partial charge in [0, 0.05) is 31.5 Å². The van der Waals surface area contributed by atoms with Gasteiger partial charge in [0.1, 0.15) is 5.82 Å². The second kappa shape index (κ2) is 7.59. The molecule has 1 saturated heterocycles. The van der Waals surface area contributed by atoms with Crippen molar-refractivity contribution in [1.29, 1.82) is 0 Å². The lowest BCUT2D eigenvalue weighted by molar-refractivity contribution is -0.134. The number of fused-ring (bicyclic) bond motifs is 1. The molecule has 2 N–H and O–H groups in total. The van der Waals surface area contributed by atoms with E-state index in [0.717, 1.165) is 19.3 Å². The highest BCUT2D eigenvalue weighted by molar-refractivity contribution is 5.62. The number of rotatable bonds is 2. The van der Waals surface area contributed by atoms with Gasteiger partial charge in [0.05, 0.1) is 5.69 Å². The fourth-order valence-electron chi connectivity index (χ4n) is 3.37. The standard InChI is InChI=1S/C14H23N3.C2H4O2/c1-2-12-14(11-6-8-15-9-7-11)17-10-4-3-5-13(17)16-12;1-2(3)4/h11,15H,2-10H2,1H3;1H3,(H,3,4). The lowest BCUT2D eigenvalue weighted by Gasteiger charge is -2.26. The maximum atomic E-state index is 9.00.